The fourth-order valence-electron chi connectivity index (χ4n) is 9.74. The molecule has 2 nitrogen and oxygen atoms in total. The summed E-state index contributed by atoms with van der Waals surface area (Å²) in [5, 5.41) is 0. The highest BCUT2D eigenvalue weighted by atomic mass is 16.5. The fourth-order valence-corrected chi connectivity index (χ4v) is 9.74. The van der Waals surface area contributed by atoms with E-state index in [1.54, 1.807) is 11.1 Å². The molecule has 0 unspecified atom stereocenters. The number of nitrogens with zero attached hydrogens (tertiary/aromatic N) is 1. The highest BCUT2D eigenvalue weighted by molar-refractivity contribution is 5.87. The second kappa shape index (κ2) is 12.0. The molecule has 0 N–H and O–H groups in total. The molecule has 2 heteroatoms. The van der Waals surface area contributed by atoms with Crippen LogP contribution >= 0.6 is 0 Å². The van der Waals surface area contributed by atoms with Gasteiger partial charge in [0.25, 0.3) is 0 Å². The zero-order chi connectivity index (χ0) is 29.4. The number of ether oxygens (including phenoxy) is 1. The third kappa shape index (κ3) is 4.45. The Labute approximate surface area is 256 Å². The molecule has 0 heterocycles. The Bertz CT molecular complexity index is 1320. The average molecular weight is 566 g/mol. The van der Waals surface area contributed by atoms with Gasteiger partial charge in [0.05, 0.1) is 17.6 Å². The second-order valence-electron chi connectivity index (χ2n) is 14.1. The summed E-state index contributed by atoms with van der Waals surface area (Å²) < 4.78 is 6.42. The maximum Gasteiger partial charge on any atom is 0.104 e. The molecule has 0 aromatic heterocycles. The number of rotatable bonds is 14. The standard InChI is InChI=1S/C40H55NO/c1-6-9-11-16-24-38(25-17-12-10-7-2)33-20-14-13-19-31(33)32-23-22-30(27-34(32)38)35-28-39-26-18-15-21-36(39)40(35,41(4)5)29-37(39)42-8-3/h13-14,19-20,22-23,27-29,36H,6-12,15-18,21,24-26H2,1-5H3/t36-,39-,40-/m0/s1. The lowest BCUT2D eigenvalue weighted by molar-refractivity contribution is 0.0759. The number of hydrogen-bond acceptors (Lipinski definition) is 2. The summed E-state index contributed by atoms with van der Waals surface area (Å²) in [7, 11) is 4.61. The van der Waals surface area contributed by atoms with Gasteiger partial charge < -0.3 is 4.74 Å². The zero-order valence-electron chi connectivity index (χ0n) is 27.2. The van der Waals surface area contributed by atoms with Gasteiger partial charge in [-0.3, -0.25) is 4.90 Å². The summed E-state index contributed by atoms with van der Waals surface area (Å²) in [6.07, 6.45) is 23.5. The lowest BCUT2D eigenvalue weighted by atomic mass is 9.66. The van der Waals surface area contributed by atoms with Crippen LogP contribution in [0.3, 0.4) is 0 Å². The Kier molecular flexibility index (Phi) is 8.49. The lowest BCUT2D eigenvalue weighted by Gasteiger charge is -2.44. The van der Waals surface area contributed by atoms with Gasteiger partial charge in [0.2, 0.25) is 0 Å². The minimum atomic E-state index is -0.0878. The quantitative estimate of drug-likeness (QED) is 0.211. The van der Waals surface area contributed by atoms with Crippen molar-refractivity contribution in [1.82, 2.24) is 4.90 Å². The summed E-state index contributed by atoms with van der Waals surface area (Å²) in [6.45, 7) is 7.56. The molecule has 1 saturated carbocycles. The van der Waals surface area contributed by atoms with Crippen molar-refractivity contribution in [2.75, 3.05) is 20.7 Å². The number of hydrogen-bond donors (Lipinski definition) is 0. The molecular weight excluding hydrogens is 510 g/mol. The summed E-state index contributed by atoms with van der Waals surface area (Å²) in [6, 6.07) is 17.0. The van der Waals surface area contributed by atoms with Gasteiger partial charge in [0.1, 0.15) is 5.76 Å². The van der Waals surface area contributed by atoms with E-state index < -0.39 is 0 Å². The minimum absolute atomic E-state index is 0.0627. The topological polar surface area (TPSA) is 12.5 Å². The van der Waals surface area contributed by atoms with Crippen molar-refractivity contribution in [2.24, 2.45) is 11.3 Å². The van der Waals surface area contributed by atoms with Crippen LogP contribution in [0.2, 0.25) is 0 Å². The molecule has 0 aliphatic heterocycles. The van der Waals surface area contributed by atoms with Crippen LogP contribution in [0.15, 0.2) is 60.4 Å². The zero-order valence-corrected chi connectivity index (χ0v) is 27.2. The van der Waals surface area contributed by atoms with Crippen molar-refractivity contribution in [2.45, 2.75) is 122 Å². The van der Waals surface area contributed by atoms with Crippen molar-refractivity contribution in [3.05, 3.63) is 77.1 Å². The number of likely N-dealkylation sites (N-methyl/N-ethyl adjacent to an activating group) is 1. The molecule has 226 valence electrons. The van der Waals surface area contributed by atoms with Crippen LogP contribution in [0.25, 0.3) is 16.7 Å². The van der Waals surface area contributed by atoms with Gasteiger partial charge in [-0.15, -0.1) is 0 Å². The Morgan fingerprint density at radius 3 is 2.19 bits per heavy atom. The molecule has 2 bridgehead atoms. The predicted molar refractivity (Wildman–Crippen MR) is 179 cm³/mol. The number of unbranched alkanes of at least 4 members (excludes halogenated alkanes) is 6. The smallest absolute Gasteiger partial charge is 0.104 e. The van der Waals surface area contributed by atoms with E-state index in [2.05, 4.69) is 94.4 Å². The van der Waals surface area contributed by atoms with Gasteiger partial charge >= 0.3 is 0 Å². The molecule has 42 heavy (non-hydrogen) atoms. The molecule has 1 fully saturated rings. The van der Waals surface area contributed by atoms with Gasteiger partial charge in [0.15, 0.2) is 0 Å². The van der Waals surface area contributed by atoms with Crippen LogP contribution in [0.4, 0.5) is 0 Å². The number of allylic oxidation sites excluding steroid dienone is 1. The van der Waals surface area contributed by atoms with Crippen LogP contribution in [0, 0.1) is 11.3 Å². The molecular formula is C40H55NO. The van der Waals surface area contributed by atoms with E-state index in [0.717, 1.165) is 6.61 Å². The largest absolute Gasteiger partial charge is 0.498 e. The lowest BCUT2D eigenvalue weighted by Crippen LogP contribution is -2.48. The van der Waals surface area contributed by atoms with E-state index in [1.165, 1.54) is 118 Å². The molecule has 3 atom stereocenters. The molecule has 0 saturated heterocycles. The van der Waals surface area contributed by atoms with Gasteiger partial charge in [-0.2, -0.15) is 0 Å². The molecule has 4 aliphatic rings. The fraction of sp³-hybridized carbons (Fsp3) is 0.600. The Morgan fingerprint density at radius 2 is 1.50 bits per heavy atom. The first-order chi connectivity index (χ1) is 20.5. The van der Waals surface area contributed by atoms with Crippen molar-refractivity contribution < 1.29 is 4.74 Å². The molecule has 4 aliphatic carbocycles. The maximum absolute atomic E-state index is 6.42. The molecule has 0 spiro atoms. The average Bonchev–Trinajstić information content (AvgIpc) is 3.58. The first-order valence-corrected chi connectivity index (χ1v) is 17.5. The van der Waals surface area contributed by atoms with E-state index in [9.17, 15) is 0 Å². The van der Waals surface area contributed by atoms with E-state index >= 15 is 0 Å². The summed E-state index contributed by atoms with van der Waals surface area (Å²) in [5.41, 5.74) is 9.27. The molecule has 6 rings (SSSR count). The third-order valence-electron chi connectivity index (χ3n) is 11.7. The Balaban J connectivity index is 1.47. The SMILES string of the molecule is CCCCCCC1(CCCCCC)c2ccccc2-c2ccc(C3=C[C@@]45CCCC[C@@H]4[C@]3(N(C)C)C=C5OCC)cc21. The van der Waals surface area contributed by atoms with Crippen LogP contribution in [0.1, 0.15) is 127 Å². The maximum atomic E-state index is 6.42. The Morgan fingerprint density at radius 1 is 0.786 bits per heavy atom. The first kappa shape index (κ1) is 29.7. The number of benzene rings is 2. The summed E-state index contributed by atoms with van der Waals surface area (Å²) in [5.74, 6) is 1.82. The predicted octanol–water partition coefficient (Wildman–Crippen LogP) is 10.7. The number of fused-ring (bicyclic) bond motifs is 3. The van der Waals surface area contributed by atoms with Gasteiger partial charge in [-0.05, 0) is 92.2 Å². The monoisotopic (exact) mass is 565 g/mol. The van der Waals surface area contributed by atoms with Crippen LogP contribution < -0.4 is 0 Å². The van der Waals surface area contributed by atoms with Gasteiger partial charge in [-0.25, -0.2) is 0 Å². The minimum Gasteiger partial charge on any atom is -0.498 e. The van der Waals surface area contributed by atoms with Gasteiger partial charge in [0, 0.05) is 11.3 Å². The van der Waals surface area contributed by atoms with Crippen LogP contribution in [-0.2, 0) is 10.2 Å². The van der Waals surface area contributed by atoms with Crippen LogP contribution in [0.5, 0.6) is 0 Å². The highest BCUT2D eigenvalue weighted by Crippen LogP contribution is 2.68. The van der Waals surface area contributed by atoms with Crippen LogP contribution in [-0.4, -0.2) is 31.1 Å². The third-order valence-corrected chi connectivity index (χ3v) is 11.7. The van der Waals surface area contributed by atoms with E-state index in [4.69, 9.17) is 4.74 Å². The van der Waals surface area contributed by atoms with Gasteiger partial charge in [-0.1, -0.05) is 121 Å². The molecule has 0 radical (unpaired) electrons. The van der Waals surface area contributed by atoms with E-state index in [0.29, 0.717) is 5.92 Å². The summed E-state index contributed by atoms with van der Waals surface area (Å²) in [4.78, 5) is 2.52. The summed E-state index contributed by atoms with van der Waals surface area (Å²) >= 11 is 0. The Hall–Kier alpha value is -2.32. The van der Waals surface area contributed by atoms with E-state index in [1.807, 2.05) is 0 Å². The van der Waals surface area contributed by atoms with Crippen molar-refractivity contribution >= 4 is 5.57 Å². The van der Waals surface area contributed by atoms with Crippen molar-refractivity contribution in [1.29, 1.82) is 0 Å². The second-order valence-corrected chi connectivity index (χ2v) is 14.1. The molecule has 0 amide bonds. The molecule has 2 aromatic rings. The van der Waals surface area contributed by atoms with Crippen molar-refractivity contribution in [3.63, 3.8) is 0 Å². The highest BCUT2D eigenvalue weighted by Gasteiger charge is 2.65. The van der Waals surface area contributed by atoms with Crippen molar-refractivity contribution in [3.8, 4) is 11.1 Å². The first-order valence-electron chi connectivity index (χ1n) is 17.5. The molecule has 2 aromatic carbocycles. The van der Waals surface area contributed by atoms with E-state index in [-0.39, 0.29) is 16.4 Å². The normalized spacial score (nSPS) is 26.6.